The molecule has 1 rings (SSSR count). The average Bonchev–Trinajstić information content (AvgIpc) is 2.17. The molecule has 0 heterocycles. The predicted octanol–water partition coefficient (Wildman–Crippen LogP) is 2.90. The summed E-state index contributed by atoms with van der Waals surface area (Å²) >= 11 is 5.74. The summed E-state index contributed by atoms with van der Waals surface area (Å²) in [5.74, 6) is 0.815. The zero-order valence-electron chi connectivity index (χ0n) is 8.29. The van der Waals surface area contributed by atoms with Crippen LogP contribution in [0, 0.1) is 0 Å². The maximum absolute atomic E-state index is 11.5. The highest BCUT2D eigenvalue weighted by molar-refractivity contribution is 6.22. The molecular formula is C11H13ClO2. The molecule has 0 radical (unpaired) electrons. The fraction of sp³-hybridized carbons (Fsp3) is 0.364. The van der Waals surface area contributed by atoms with Crippen molar-refractivity contribution < 1.29 is 9.53 Å². The number of Topliss-reactive ketones (excluding diaryl/α,β-unsaturated/α-hetero) is 1. The van der Waals surface area contributed by atoms with E-state index in [0.29, 0.717) is 12.0 Å². The van der Waals surface area contributed by atoms with Crippen molar-refractivity contribution in [1.29, 1.82) is 0 Å². The highest BCUT2D eigenvalue weighted by atomic mass is 35.5. The molecule has 0 aromatic heterocycles. The molecule has 0 fully saturated rings. The van der Waals surface area contributed by atoms with E-state index < -0.39 is 0 Å². The van der Waals surface area contributed by atoms with E-state index in [0.717, 1.165) is 5.75 Å². The van der Waals surface area contributed by atoms with E-state index in [1.54, 1.807) is 31.4 Å². The number of rotatable bonds is 4. The minimum atomic E-state index is -0.121. The van der Waals surface area contributed by atoms with E-state index in [1.165, 1.54) is 0 Å². The van der Waals surface area contributed by atoms with Gasteiger partial charge in [-0.05, 0) is 31.2 Å². The molecule has 0 saturated carbocycles. The van der Waals surface area contributed by atoms with Gasteiger partial charge >= 0.3 is 0 Å². The van der Waals surface area contributed by atoms with Gasteiger partial charge in [0.1, 0.15) is 5.75 Å². The van der Waals surface area contributed by atoms with Gasteiger partial charge in [-0.2, -0.15) is 0 Å². The van der Waals surface area contributed by atoms with Crippen LogP contribution in [0.15, 0.2) is 24.3 Å². The number of ether oxygens (including phenoxy) is 1. The zero-order valence-corrected chi connectivity index (χ0v) is 9.04. The number of carbonyl (C=O) groups excluding carboxylic acids is 1. The number of carbonyl (C=O) groups is 1. The summed E-state index contributed by atoms with van der Waals surface area (Å²) in [6.45, 7) is 1.81. The summed E-state index contributed by atoms with van der Waals surface area (Å²) in [6.07, 6.45) is 0.369. The third kappa shape index (κ3) is 3.04. The first-order valence-electron chi connectivity index (χ1n) is 4.45. The lowest BCUT2D eigenvalue weighted by Gasteiger charge is -2.03. The van der Waals surface area contributed by atoms with Crippen LogP contribution in [0.3, 0.4) is 0 Å². The Morgan fingerprint density at radius 3 is 2.43 bits per heavy atom. The lowest BCUT2D eigenvalue weighted by molar-refractivity contribution is 0.0983. The number of hydrogen-bond acceptors (Lipinski definition) is 2. The molecule has 2 nitrogen and oxygen atoms in total. The van der Waals surface area contributed by atoms with Gasteiger partial charge in [-0.1, -0.05) is 0 Å². The highest BCUT2D eigenvalue weighted by Gasteiger charge is 2.08. The Bertz CT molecular complexity index is 304. The molecule has 3 heteroatoms. The molecule has 1 atom stereocenters. The van der Waals surface area contributed by atoms with Gasteiger partial charge in [-0.15, -0.1) is 11.6 Å². The first kappa shape index (κ1) is 11.1. The third-order valence-corrected chi connectivity index (χ3v) is 2.03. The Balaban J connectivity index is 2.71. The quantitative estimate of drug-likeness (QED) is 0.567. The van der Waals surface area contributed by atoms with Crippen LogP contribution in [0.2, 0.25) is 0 Å². The standard InChI is InChI=1S/C11H13ClO2/c1-8(12)7-11(13)9-3-5-10(14-2)6-4-9/h3-6,8H,7H2,1-2H3. The molecule has 0 aliphatic rings. The van der Waals surface area contributed by atoms with Crippen LogP contribution >= 0.6 is 11.6 Å². The normalized spacial score (nSPS) is 12.2. The number of alkyl halides is 1. The monoisotopic (exact) mass is 212 g/mol. The predicted molar refractivity (Wildman–Crippen MR) is 57.3 cm³/mol. The van der Waals surface area contributed by atoms with E-state index in [1.807, 2.05) is 6.92 Å². The van der Waals surface area contributed by atoms with E-state index in [2.05, 4.69) is 0 Å². The lowest BCUT2D eigenvalue weighted by atomic mass is 10.1. The van der Waals surface area contributed by atoms with Gasteiger partial charge in [0.25, 0.3) is 0 Å². The smallest absolute Gasteiger partial charge is 0.164 e. The van der Waals surface area contributed by atoms with Gasteiger partial charge < -0.3 is 4.74 Å². The van der Waals surface area contributed by atoms with Crippen molar-refractivity contribution in [2.24, 2.45) is 0 Å². The van der Waals surface area contributed by atoms with Gasteiger partial charge in [-0.25, -0.2) is 0 Å². The van der Waals surface area contributed by atoms with Crippen LogP contribution in [-0.4, -0.2) is 18.3 Å². The van der Waals surface area contributed by atoms with Gasteiger partial charge in [0.2, 0.25) is 0 Å². The van der Waals surface area contributed by atoms with Crippen LogP contribution in [0.25, 0.3) is 0 Å². The molecule has 14 heavy (non-hydrogen) atoms. The van der Waals surface area contributed by atoms with Crippen molar-refractivity contribution in [1.82, 2.24) is 0 Å². The molecular weight excluding hydrogens is 200 g/mol. The second-order valence-electron chi connectivity index (χ2n) is 3.14. The summed E-state index contributed by atoms with van der Waals surface area (Å²) in [5.41, 5.74) is 0.679. The Hall–Kier alpha value is -1.02. The van der Waals surface area contributed by atoms with Crippen molar-refractivity contribution in [3.05, 3.63) is 29.8 Å². The minimum Gasteiger partial charge on any atom is -0.497 e. The van der Waals surface area contributed by atoms with Gasteiger partial charge in [-0.3, -0.25) is 4.79 Å². The summed E-state index contributed by atoms with van der Waals surface area (Å²) in [7, 11) is 1.59. The number of halogens is 1. The van der Waals surface area contributed by atoms with Crippen molar-refractivity contribution in [2.45, 2.75) is 18.7 Å². The van der Waals surface area contributed by atoms with Crippen LogP contribution < -0.4 is 4.74 Å². The number of benzene rings is 1. The number of ketones is 1. The summed E-state index contributed by atoms with van der Waals surface area (Å²) in [5, 5.41) is -0.121. The zero-order chi connectivity index (χ0) is 10.6. The van der Waals surface area contributed by atoms with Crippen LogP contribution in [-0.2, 0) is 0 Å². The topological polar surface area (TPSA) is 26.3 Å². The van der Waals surface area contributed by atoms with Gasteiger partial charge in [0, 0.05) is 17.4 Å². The fourth-order valence-corrected chi connectivity index (χ4v) is 1.29. The van der Waals surface area contributed by atoms with E-state index in [4.69, 9.17) is 16.3 Å². The van der Waals surface area contributed by atoms with Crippen molar-refractivity contribution >= 4 is 17.4 Å². The van der Waals surface area contributed by atoms with Crippen LogP contribution in [0.1, 0.15) is 23.7 Å². The van der Waals surface area contributed by atoms with Crippen molar-refractivity contribution in [3.63, 3.8) is 0 Å². The van der Waals surface area contributed by atoms with Crippen molar-refractivity contribution in [2.75, 3.05) is 7.11 Å². The van der Waals surface area contributed by atoms with Crippen LogP contribution in [0.5, 0.6) is 5.75 Å². The fourth-order valence-electron chi connectivity index (χ4n) is 1.15. The summed E-state index contributed by atoms with van der Waals surface area (Å²) in [6, 6.07) is 7.04. The van der Waals surface area contributed by atoms with Crippen molar-refractivity contribution in [3.8, 4) is 5.75 Å². The van der Waals surface area contributed by atoms with Crippen LogP contribution in [0.4, 0.5) is 0 Å². The third-order valence-electron chi connectivity index (χ3n) is 1.88. The molecule has 0 aliphatic carbocycles. The molecule has 1 aromatic rings. The first-order valence-corrected chi connectivity index (χ1v) is 4.88. The molecule has 1 aromatic carbocycles. The maximum atomic E-state index is 11.5. The molecule has 1 unspecified atom stereocenters. The van der Waals surface area contributed by atoms with E-state index in [9.17, 15) is 4.79 Å². The molecule has 76 valence electrons. The molecule has 0 saturated heterocycles. The van der Waals surface area contributed by atoms with Gasteiger partial charge in [0.15, 0.2) is 5.78 Å². The minimum absolute atomic E-state index is 0.0650. The molecule has 0 N–H and O–H groups in total. The second-order valence-corrected chi connectivity index (χ2v) is 3.88. The van der Waals surface area contributed by atoms with E-state index in [-0.39, 0.29) is 11.2 Å². The maximum Gasteiger partial charge on any atom is 0.164 e. The largest absolute Gasteiger partial charge is 0.497 e. The van der Waals surface area contributed by atoms with E-state index >= 15 is 0 Å². The first-order chi connectivity index (χ1) is 6.63. The summed E-state index contributed by atoms with van der Waals surface area (Å²) < 4.78 is 4.99. The molecule has 0 spiro atoms. The molecule has 0 aliphatic heterocycles. The second kappa shape index (κ2) is 5.01. The Labute approximate surface area is 88.8 Å². The Morgan fingerprint density at radius 2 is 2.00 bits per heavy atom. The number of methoxy groups -OCH3 is 1. The average molecular weight is 213 g/mol. The molecule has 0 amide bonds. The summed E-state index contributed by atoms with van der Waals surface area (Å²) in [4.78, 5) is 11.5. The Kier molecular flexibility index (Phi) is 3.96. The number of hydrogen-bond donors (Lipinski definition) is 0. The lowest BCUT2D eigenvalue weighted by Crippen LogP contribution is -2.04. The van der Waals surface area contributed by atoms with Gasteiger partial charge in [0.05, 0.1) is 7.11 Å². The molecule has 0 bridgehead atoms. The Morgan fingerprint density at radius 1 is 1.43 bits per heavy atom. The highest BCUT2D eigenvalue weighted by Crippen LogP contribution is 2.14. The SMILES string of the molecule is COc1ccc(C(=O)CC(C)Cl)cc1.